The van der Waals surface area contributed by atoms with Gasteiger partial charge in [0.1, 0.15) is 19.3 Å². The highest BCUT2D eigenvalue weighted by atomic mass is 31.2. The van der Waals surface area contributed by atoms with Crippen LogP contribution in [0.2, 0.25) is 0 Å². The van der Waals surface area contributed by atoms with Crippen molar-refractivity contribution in [1.82, 2.24) is 0 Å². The third kappa shape index (κ3) is 26.5. The number of ether oxygens (including phenoxy) is 2. The Balaban J connectivity index is 3.60. The van der Waals surface area contributed by atoms with Gasteiger partial charge in [-0.25, -0.2) is 4.57 Å². The number of quaternary nitrogens is 1. The Hall–Kier alpha value is -0.530. The molecule has 0 spiro atoms. The fourth-order valence-corrected chi connectivity index (χ4v) is 4.11. The molecule has 1 N–H and O–H groups in total. The fourth-order valence-electron chi connectivity index (χ4n) is 3.37. The predicted molar refractivity (Wildman–Crippen MR) is 150 cm³/mol. The van der Waals surface area contributed by atoms with Crippen molar-refractivity contribution < 1.29 is 32.5 Å². The van der Waals surface area contributed by atoms with E-state index in [9.17, 15) is 9.46 Å². The Bertz CT molecular complexity index is 591. The van der Waals surface area contributed by atoms with E-state index in [1.807, 2.05) is 21.1 Å². The molecule has 0 aliphatic rings. The monoisotopic (exact) mass is 534 g/mol. The van der Waals surface area contributed by atoms with E-state index in [-0.39, 0.29) is 13.2 Å². The molecule has 2 atom stereocenters. The average molecular weight is 535 g/mol. The lowest BCUT2D eigenvalue weighted by atomic mass is 10.1. The smallest absolute Gasteiger partial charge is 0.379 e. The molecule has 0 amide bonds. The van der Waals surface area contributed by atoms with Crippen LogP contribution in [-0.4, -0.2) is 76.7 Å². The Morgan fingerprint density at radius 2 is 1.28 bits per heavy atom. The largest absolute Gasteiger partial charge is 0.472 e. The molecule has 0 radical (unpaired) electrons. The van der Waals surface area contributed by atoms with E-state index in [1.165, 1.54) is 64.9 Å². The van der Waals surface area contributed by atoms with Crippen LogP contribution in [0.15, 0.2) is 24.3 Å². The van der Waals surface area contributed by atoms with E-state index in [1.54, 1.807) is 0 Å². The van der Waals surface area contributed by atoms with Crippen LogP contribution in [0.3, 0.4) is 0 Å². The van der Waals surface area contributed by atoms with Crippen LogP contribution in [0, 0.1) is 0 Å². The van der Waals surface area contributed by atoms with Gasteiger partial charge in [-0.2, -0.15) is 0 Å². The molecule has 0 aliphatic heterocycles. The molecule has 0 aromatic carbocycles. The summed E-state index contributed by atoms with van der Waals surface area (Å²) < 4.78 is 33.6. The topological polar surface area (TPSA) is 74.2 Å². The van der Waals surface area contributed by atoms with Crippen LogP contribution in [0.1, 0.15) is 90.4 Å². The van der Waals surface area contributed by atoms with Gasteiger partial charge in [0.25, 0.3) is 0 Å². The average Bonchev–Trinajstić information content (AvgIpc) is 2.81. The van der Waals surface area contributed by atoms with Crippen LogP contribution in [0.25, 0.3) is 0 Å². The third-order valence-corrected chi connectivity index (χ3v) is 6.77. The molecule has 0 heterocycles. The first-order valence-corrected chi connectivity index (χ1v) is 15.5. The zero-order valence-electron chi connectivity index (χ0n) is 24.0. The molecule has 0 bridgehead atoms. The zero-order valence-corrected chi connectivity index (χ0v) is 24.9. The lowest BCUT2D eigenvalue weighted by Gasteiger charge is -2.24. The maximum absolute atomic E-state index is 12.0. The minimum Gasteiger partial charge on any atom is -0.379 e. The maximum Gasteiger partial charge on any atom is 0.472 e. The minimum atomic E-state index is -4.08. The second kappa shape index (κ2) is 23.6. The number of methoxy groups -OCH3 is 1. The molecule has 36 heavy (non-hydrogen) atoms. The summed E-state index contributed by atoms with van der Waals surface area (Å²) in [5, 5.41) is 0. The highest BCUT2D eigenvalue weighted by Gasteiger charge is 2.24. The number of nitrogens with zero attached hydrogens (tertiary/aromatic N) is 1. The second-order valence-electron chi connectivity index (χ2n) is 10.5. The Labute approximate surface area is 222 Å². The summed E-state index contributed by atoms with van der Waals surface area (Å²) in [6.07, 6.45) is 24.9. The summed E-state index contributed by atoms with van der Waals surface area (Å²) in [6.45, 7) is 3.94. The van der Waals surface area contributed by atoms with E-state index in [4.69, 9.17) is 18.5 Å². The van der Waals surface area contributed by atoms with Crippen molar-refractivity contribution in [1.29, 1.82) is 0 Å². The molecule has 0 aromatic rings. The quantitative estimate of drug-likeness (QED) is 0.0554. The maximum atomic E-state index is 12.0. The molecule has 7 nitrogen and oxygen atoms in total. The minimum absolute atomic E-state index is 0.0468. The van der Waals surface area contributed by atoms with Gasteiger partial charge in [0.05, 0.1) is 34.4 Å². The Kier molecular flexibility index (Phi) is 23.2. The Morgan fingerprint density at radius 3 is 1.78 bits per heavy atom. The van der Waals surface area contributed by atoms with E-state index in [2.05, 4.69) is 31.2 Å². The lowest BCUT2D eigenvalue weighted by molar-refractivity contribution is -0.870. The van der Waals surface area contributed by atoms with Crippen molar-refractivity contribution in [3.63, 3.8) is 0 Å². The van der Waals surface area contributed by atoms with Gasteiger partial charge in [0.2, 0.25) is 0 Å². The van der Waals surface area contributed by atoms with Gasteiger partial charge in [-0.05, 0) is 57.8 Å². The van der Waals surface area contributed by atoms with E-state index in [0.29, 0.717) is 24.2 Å². The number of hydrogen-bond donors (Lipinski definition) is 1. The number of allylic oxidation sites excluding steroid dienone is 4. The van der Waals surface area contributed by atoms with E-state index >= 15 is 0 Å². The number of phosphoric acid groups is 1. The third-order valence-electron chi connectivity index (χ3n) is 5.79. The van der Waals surface area contributed by atoms with Crippen LogP contribution < -0.4 is 0 Å². The van der Waals surface area contributed by atoms with Crippen molar-refractivity contribution in [2.45, 2.75) is 96.5 Å². The molecule has 0 saturated heterocycles. The number of unbranched alkanes of at least 4 members (excludes halogenated alkanes) is 10. The summed E-state index contributed by atoms with van der Waals surface area (Å²) in [6, 6.07) is 0. The summed E-state index contributed by atoms with van der Waals surface area (Å²) in [4.78, 5) is 9.79. The second-order valence-corrected chi connectivity index (χ2v) is 11.9. The van der Waals surface area contributed by atoms with Gasteiger partial charge >= 0.3 is 7.82 Å². The van der Waals surface area contributed by atoms with Crippen LogP contribution >= 0.6 is 7.82 Å². The van der Waals surface area contributed by atoms with Crippen molar-refractivity contribution >= 4 is 7.82 Å². The molecular formula is C28H57NO6P+. The molecule has 0 aliphatic carbocycles. The lowest BCUT2D eigenvalue weighted by Crippen LogP contribution is -2.37. The Morgan fingerprint density at radius 1 is 0.750 bits per heavy atom. The predicted octanol–water partition coefficient (Wildman–Crippen LogP) is 7.06. The highest BCUT2D eigenvalue weighted by Crippen LogP contribution is 2.43. The SMILES string of the molecule is CCCCCCC=CCCCCC=CCCCCCOC[C@H](COP(=O)(O)OCC[N+](C)(C)C)OC. The molecule has 214 valence electrons. The van der Waals surface area contributed by atoms with Crippen LogP contribution in [0.5, 0.6) is 0 Å². The number of phosphoric ester groups is 1. The van der Waals surface area contributed by atoms with Crippen molar-refractivity contribution in [3.8, 4) is 0 Å². The normalized spacial score (nSPS) is 15.2. The molecule has 0 aromatic heterocycles. The first-order chi connectivity index (χ1) is 17.2. The van der Waals surface area contributed by atoms with Crippen LogP contribution in [-0.2, 0) is 23.1 Å². The van der Waals surface area contributed by atoms with Gasteiger partial charge in [-0.3, -0.25) is 9.05 Å². The van der Waals surface area contributed by atoms with Gasteiger partial charge in [-0.15, -0.1) is 0 Å². The van der Waals surface area contributed by atoms with Crippen molar-refractivity contribution in [2.75, 3.05) is 61.2 Å². The number of rotatable bonds is 26. The molecule has 0 saturated carbocycles. The molecular weight excluding hydrogens is 477 g/mol. The van der Waals surface area contributed by atoms with Crippen molar-refractivity contribution in [2.24, 2.45) is 0 Å². The van der Waals surface area contributed by atoms with Crippen LogP contribution in [0.4, 0.5) is 0 Å². The van der Waals surface area contributed by atoms with E-state index < -0.39 is 13.9 Å². The zero-order chi connectivity index (χ0) is 27.0. The summed E-state index contributed by atoms with van der Waals surface area (Å²) in [7, 11) is 3.42. The van der Waals surface area contributed by atoms with Gasteiger partial charge < -0.3 is 18.9 Å². The first kappa shape index (κ1) is 35.5. The standard InChI is InChI=1S/C28H56NO6P/c1-6-7-8-9-10-11-12-13-14-15-16-17-18-19-20-21-22-24-33-26-28(32-5)27-35-36(30,31)34-25-23-29(2,3)4/h11-12,17-18,28H,6-10,13-16,19-27H2,1-5H3/p+1/t28-/m1/s1. The van der Waals surface area contributed by atoms with Gasteiger partial charge in [0.15, 0.2) is 0 Å². The van der Waals surface area contributed by atoms with E-state index in [0.717, 1.165) is 25.7 Å². The number of hydrogen-bond acceptors (Lipinski definition) is 5. The molecule has 0 fully saturated rings. The fraction of sp³-hybridized carbons (Fsp3) is 0.857. The number of likely N-dealkylation sites (N-methyl/N-ethyl adjacent to an activating group) is 1. The molecule has 8 heteroatoms. The van der Waals surface area contributed by atoms with Crippen molar-refractivity contribution in [3.05, 3.63) is 24.3 Å². The highest BCUT2D eigenvalue weighted by molar-refractivity contribution is 7.47. The van der Waals surface area contributed by atoms with Gasteiger partial charge in [-0.1, -0.05) is 56.9 Å². The summed E-state index contributed by atoms with van der Waals surface area (Å²) in [5.74, 6) is 0. The molecule has 1 unspecified atom stereocenters. The first-order valence-electron chi connectivity index (χ1n) is 14.0. The van der Waals surface area contributed by atoms with Gasteiger partial charge in [0, 0.05) is 13.7 Å². The summed E-state index contributed by atoms with van der Waals surface area (Å²) in [5.41, 5.74) is 0. The molecule has 0 rings (SSSR count). The summed E-state index contributed by atoms with van der Waals surface area (Å²) >= 11 is 0.